The standard InChI is InChI=1S/C13H24N2O4/c1-8(16)9-7-15(6)10(17)13(9,5)14-11(18)19-12(2,3)4/h8-9,16H,7H2,1-6H3,(H,14,18)/t8-,9-,13-/m0/s1. The van der Waals surface area contributed by atoms with Crippen LogP contribution in [0.1, 0.15) is 34.6 Å². The molecule has 1 aliphatic heterocycles. The highest BCUT2D eigenvalue weighted by molar-refractivity contribution is 5.92. The van der Waals surface area contributed by atoms with Crippen LogP contribution in [-0.2, 0) is 9.53 Å². The van der Waals surface area contributed by atoms with E-state index in [4.69, 9.17) is 4.74 Å². The van der Waals surface area contributed by atoms with Crippen molar-refractivity contribution in [1.82, 2.24) is 10.2 Å². The minimum Gasteiger partial charge on any atom is -0.444 e. The molecular formula is C13H24N2O4. The summed E-state index contributed by atoms with van der Waals surface area (Å²) in [5.41, 5.74) is -1.76. The third-order valence-electron chi connectivity index (χ3n) is 3.35. The van der Waals surface area contributed by atoms with E-state index in [1.165, 1.54) is 4.90 Å². The second-order valence-electron chi connectivity index (χ2n) is 6.36. The summed E-state index contributed by atoms with van der Waals surface area (Å²) in [7, 11) is 1.65. The molecule has 1 fully saturated rings. The zero-order valence-corrected chi connectivity index (χ0v) is 12.5. The number of alkyl carbamates (subject to hydrolysis) is 1. The maximum absolute atomic E-state index is 12.2. The molecular weight excluding hydrogens is 248 g/mol. The first-order valence-electron chi connectivity index (χ1n) is 6.42. The molecule has 0 radical (unpaired) electrons. The van der Waals surface area contributed by atoms with Crippen LogP contribution in [0.2, 0.25) is 0 Å². The number of hydrogen-bond donors (Lipinski definition) is 2. The van der Waals surface area contributed by atoms with Crippen molar-refractivity contribution in [3.05, 3.63) is 0 Å². The zero-order valence-electron chi connectivity index (χ0n) is 12.5. The van der Waals surface area contributed by atoms with Gasteiger partial charge in [-0.2, -0.15) is 0 Å². The number of hydrogen-bond acceptors (Lipinski definition) is 4. The molecule has 1 aliphatic rings. The SMILES string of the molecule is C[C@H](O)[C@@H]1CN(C)C(=O)[C@@]1(C)NC(=O)OC(C)(C)C. The first-order valence-corrected chi connectivity index (χ1v) is 6.42. The monoisotopic (exact) mass is 272 g/mol. The number of amides is 2. The Morgan fingerprint density at radius 1 is 1.58 bits per heavy atom. The summed E-state index contributed by atoms with van der Waals surface area (Å²) in [4.78, 5) is 25.6. The molecule has 0 bridgehead atoms. The van der Waals surface area contributed by atoms with Crippen LogP contribution in [0.5, 0.6) is 0 Å². The van der Waals surface area contributed by atoms with Crippen LogP contribution >= 0.6 is 0 Å². The van der Waals surface area contributed by atoms with Crippen LogP contribution < -0.4 is 5.32 Å². The molecule has 0 saturated carbocycles. The van der Waals surface area contributed by atoms with Gasteiger partial charge in [-0.3, -0.25) is 4.79 Å². The quantitative estimate of drug-likeness (QED) is 0.777. The Hall–Kier alpha value is -1.30. The lowest BCUT2D eigenvalue weighted by atomic mass is 9.85. The second kappa shape index (κ2) is 5.00. The van der Waals surface area contributed by atoms with Gasteiger partial charge < -0.3 is 20.1 Å². The highest BCUT2D eigenvalue weighted by Crippen LogP contribution is 2.31. The molecule has 1 saturated heterocycles. The fourth-order valence-electron chi connectivity index (χ4n) is 2.41. The highest BCUT2D eigenvalue weighted by atomic mass is 16.6. The predicted molar refractivity (Wildman–Crippen MR) is 70.6 cm³/mol. The van der Waals surface area contributed by atoms with Gasteiger partial charge in [0.2, 0.25) is 5.91 Å². The van der Waals surface area contributed by atoms with Crippen LogP contribution in [-0.4, -0.2) is 52.8 Å². The molecule has 110 valence electrons. The molecule has 1 heterocycles. The van der Waals surface area contributed by atoms with Crippen molar-refractivity contribution in [3.63, 3.8) is 0 Å². The Bertz CT molecular complexity index is 375. The molecule has 3 atom stereocenters. The number of nitrogens with one attached hydrogen (secondary N) is 1. The first kappa shape index (κ1) is 15.8. The normalized spacial score (nSPS) is 29.3. The second-order valence-corrected chi connectivity index (χ2v) is 6.36. The van der Waals surface area contributed by atoms with Gasteiger partial charge in [0.15, 0.2) is 0 Å². The van der Waals surface area contributed by atoms with E-state index in [9.17, 15) is 14.7 Å². The Kier molecular flexibility index (Phi) is 4.14. The molecule has 2 N–H and O–H groups in total. The summed E-state index contributed by atoms with van der Waals surface area (Å²) in [6.45, 7) is 8.91. The number of rotatable bonds is 2. The van der Waals surface area contributed by atoms with E-state index in [2.05, 4.69) is 5.32 Å². The lowest BCUT2D eigenvalue weighted by molar-refractivity contribution is -0.132. The van der Waals surface area contributed by atoms with Crippen molar-refractivity contribution in [1.29, 1.82) is 0 Å². The lowest BCUT2D eigenvalue weighted by Crippen LogP contribution is -2.57. The van der Waals surface area contributed by atoms with Crippen LogP contribution in [0.4, 0.5) is 4.79 Å². The number of aliphatic hydroxyl groups is 1. The number of likely N-dealkylation sites (N-methyl/N-ethyl adjacent to an activating group) is 1. The summed E-state index contributed by atoms with van der Waals surface area (Å²) < 4.78 is 5.17. The van der Waals surface area contributed by atoms with E-state index >= 15 is 0 Å². The number of carbonyl (C=O) groups is 2. The third-order valence-corrected chi connectivity index (χ3v) is 3.35. The molecule has 0 aliphatic carbocycles. The van der Waals surface area contributed by atoms with E-state index in [0.717, 1.165) is 0 Å². The number of aliphatic hydroxyl groups excluding tert-OH is 1. The van der Waals surface area contributed by atoms with Gasteiger partial charge in [0.05, 0.1) is 6.10 Å². The van der Waals surface area contributed by atoms with Crippen molar-refractivity contribution in [3.8, 4) is 0 Å². The van der Waals surface area contributed by atoms with Crippen molar-refractivity contribution in [2.24, 2.45) is 5.92 Å². The van der Waals surface area contributed by atoms with E-state index < -0.39 is 23.3 Å². The average molecular weight is 272 g/mol. The van der Waals surface area contributed by atoms with Crippen LogP contribution in [0.25, 0.3) is 0 Å². The van der Waals surface area contributed by atoms with Crippen molar-refractivity contribution in [2.45, 2.75) is 51.9 Å². The molecule has 1 rings (SSSR count). The maximum atomic E-state index is 12.2. The number of ether oxygens (including phenoxy) is 1. The van der Waals surface area contributed by atoms with Crippen LogP contribution in [0, 0.1) is 5.92 Å². The summed E-state index contributed by atoms with van der Waals surface area (Å²) in [6, 6.07) is 0. The summed E-state index contributed by atoms with van der Waals surface area (Å²) in [5, 5.41) is 12.4. The van der Waals surface area contributed by atoms with Gasteiger partial charge in [-0.15, -0.1) is 0 Å². The molecule has 0 aromatic carbocycles. The van der Waals surface area contributed by atoms with Gasteiger partial charge in [0.25, 0.3) is 0 Å². The Balaban J connectivity index is 2.88. The fourth-order valence-corrected chi connectivity index (χ4v) is 2.41. The van der Waals surface area contributed by atoms with E-state index in [0.29, 0.717) is 6.54 Å². The van der Waals surface area contributed by atoms with Crippen molar-refractivity contribution >= 4 is 12.0 Å². The third kappa shape index (κ3) is 3.37. The molecule has 2 amide bonds. The van der Waals surface area contributed by atoms with Gasteiger partial charge in [0, 0.05) is 19.5 Å². The van der Waals surface area contributed by atoms with E-state index in [-0.39, 0.29) is 11.8 Å². The first-order chi connectivity index (χ1) is 8.47. The minimum absolute atomic E-state index is 0.218. The fraction of sp³-hybridized carbons (Fsp3) is 0.846. The van der Waals surface area contributed by atoms with E-state index in [1.54, 1.807) is 41.7 Å². The van der Waals surface area contributed by atoms with Crippen LogP contribution in [0.3, 0.4) is 0 Å². The number of nitrogens with zero attached hydrogens (tertiary/aromatic N) is 1. The minimum atomic E-state index is -1.13. The predicted octanol–water partition coefficient (Wildman–Crippen LogP) is 0.739. The lowest BCUT2D eigenvalue weighted by Gasteiger charge is -2.32. The zero-order chi connectivity index (χ0) is 15.0. The number of likely N-dealkylation sites (tertiary alicyclic amines) is 1. The molecule has 0 aromatic rings. The van der Waals surface area contributed by atoms with Gasteiger partial charge in [-0.1, -0.05) is 0 Å². The smallest absolute Gasteiger partial charge is 0.408 e. The van der Waals surface area contributed by atoms with Gasteiger partial charge >= 0.3 is 6.09 Å². The van der Waals surface area contributed by atoms with Gasteiger partial charge in [-0.25, -0.2) is 4.79 Å². The molecule has 19 heavy (non-hydrogen) atoms. The van der Waals surface area contributed by atoms with Gasteiger partial charge in [0.1, 0.15) is 11.1 Å². The molecule has 0 aromatic heterocycles. The van der Waals surface area contributed by atoms with E-state index in [1.807, 2.05) is 0 Å². The highest BCUT2D eigenvalue weighted by Gasteiger charge is 2.52. The summed E-state index contributed by atoms with van der Waals surface area (Å²) >= 11 is 0. The molecule has 6 heteroatoms. The van der Waals surface area contributed by atoms with Crippen molar-refractivity contribution < 1.29 is 19.4 Å². The Morgan fingerprint density at radius 2 is 2.11 bits per heavy atom. The van der Waals surface area contributed by atoms with Crippen molar-refractivity contribution in [2.75, 3.05) is 13.6 Å². The molecule has 0 spiro atoms. The Morgan fingerprint density at radius 3 is 2.53 bits per heavy atom. The number of carbonyl (C=O) groups excluding carboxylic acids is 2. The summed E-state index contributed by atoms with van der Waals surface area (Å²) in [6.07, 6.45) is -1.35. The largest absolute Gasteiger partial charge is 0.444 e. The van der Waals surface area contributed by atoms with Crippen LogP contribution in [0.15, 0.2) is 0 Å². The topological polar surface area (TPSA) is 78.9 Å². The maximum Gasteiger partial charge on any atom is 0.408 e. The summed E-state index contributed by atoms with van der Waals surface area (Å²) in [5.74, 6) is -0.582. The van der Waals surface area contributed by atoms with Gasteiger partial charge in [-0.05, 0) is 34.6 Å². The molecule has 0 unspecified atom stereocenters. The Labute approximate surface area is 114 Å². The average Bonchev–Trinajstić information content (AvgIpc) is 2.39. The molecule has 6 nitrogen and oxygen atoms in total.